The van der Waals surface area contributed by atoms with Gasteiger partial charge in [-0.2, -0.15) is 5.26 Å². The van der Waals surface area contributed by atoms with Crippen LogP contribution in [0.15, 0.2) is 0 Å². The van der Waals surface area contributed by atoms with E-state index in [0.717, 1.165) is 0 Å². The second kappa shape index (κ2) is 5.12. The highest BCUT2D eigenvalue weighted by molar-refractivity contribution is 5.23. The normalized spacial score (nSPS) is 55.8. The number of aliphatic hydroxyl groups is 5. The Morgan fingerprint density at radius 3 is 2.33 bits per heavy atom. The maximum atomic E-state index is 9.90. The third kappa shape index (κ3) is 2.25. The van der Waals surface area contributed by atoms with Crippen LogP contribution in [0.3, 0.4) is 0 Å². The van der Waals surface area contributed by atoms with Crippen LogP contribution in [-0.4, -0.2) is 86.8 Å². The minimum absolute atomic E-state index is 0.00610. The molecule has 2 saturated heterocycles. The summed E-state index contributed by atoms with van der Waals surface area (Å²) in [4.78, 5) is 0. The topological polar surface area (TPSA) is 156 Å². The van der Waals surface area contributed by atoms with Crippen LogP contribution in [-0.2, 0) is 14.2 Å². The van der Waals surface area contributed by atoms with E-state index in [9.17, 15) is 25.7 Å². The maximum absolute atomic E-state index is 9.90. The smallest absolute Gasteiger partial charge is 0.188 e. The number of hydrogen-bond acceptors (Lipinski definition) is 9. The summed E-state index contributed by atoms with van der Waals surface area (Å²) >= 11 is 0. The fourth-order valence-electron chi connectivity index (χ4n) is 2.96. The molecule has 0 aromatic rings. The molecule has 9 heteroatoms. The molecule has 0 radical (unpaired) electrons. The molecule has 21 heavy (non-hydrogen) atoms. The van der Waals surface area contributed by atoms with E-state index in [1.807, 2.05) is 6.07 Å². The summed E-state index contributed by atoms with van der Waals surface area (Å²) in [5, 5.41) is 57.4. The van der Waals surface area contributed by atoms with Gasteiger partial charge in [0.1, 0.15) is 42.7 Å². The molecule has 9 atom stereocenters. The van der Waals surface area contributed by atoms with E-state index in [-0.39, 0.29) is 6.42 Å². The van der Waals surface area contributed by atoms with E-state index in [0.29, 0.717) is 0 Å². The Morgan fingerprint density at radius 2 is 1.86 bits per heavy atom. The molecule has 3 fully saturated rings. The second-order valence-electron chi connectivity index (χ2n) is 5.61. The fraction of sp³-hybridized carbons (Fsp3) is 0.917. The van der Waals surface area contributed by atoms with Crippen LogP contribution in [0, 0.1) is 11.3 Å². The van der Waals surface area contributed by atoms with Crippen molar-refractivity contribution in [3.05, 3.63) is 0 Å². The number of ether oxygens (including phenoxy) is 3. The first kappa shape index (κ1) is 15.1. The number of epoxide rings is 1. The molecule has 0 aromatic heterocycles. The number of aliphatic hydroxyl groups excluding tert-OH is 5. The summed E-state index contributed by atoms with van der Waals surface area (Å²) in [5.74, 6) is 0. The number of nitrogens with zero attached hydrogens (tertiary/aromatic N) is 1. The Hall–Kier alpha value is -0.830. The highest BCUT2D eigenvalue weighted by Gasteiger charge is 2.68. The molecule has 2 aliphatic heterocycles. The van der Waals surface area contributed by atoms with E-state index in [1.54, 1.807) is 0 Å². The van der Waals surface area contributed by atoms with Crippen molar-refractivity contribution in [3.63, 3.8) is 0 Å². The van der Waals surface area contributed by atoms with Crippen molar-refractivity contribution in [3.8, 4) is 6.07 Å². The SMILES string of the molecule is N#C[C@]1(O[C@@H]2O[C@@H](CO)[C@@H](O)[C@@H](O)[C@H]2O)C[C@@H](O)[C@H]2O[C@H]21. The van der Waals surface area contributed by atoms with Crippen molar-refractivity contribution in [1.82, 2.24) is 0 Å². The molecule has 118 valence electrons. The first-order valence-corrected chi connectivity index (χ1v) is 6.66. The Kier molecular flexibility index (Phi) is 3.67. The van der Waals surface area contributed by atoms with Gasteiger partial charge in [0.05, 0.1) is 12.7 Å². The molecule has 0 aromatic carbocycles. The van der Waals surface area contributed by atoms with Crippen molar-refractivity contribution < 1.29 is 39.7 Å². The van der Waals surface area contributed by atoms with E-state index in [1.165, 1.54) is 0 Å². The first-order valence-electron chi connectivity index (χ1n) is 6.66. The lowest BCUT2D eigenvalue weighted by molar-refractivity contribution is -0.322. The lowest BCUT2D eigenvalue weighted by atomic mass is 9.98. The average molecular weight is 303 g/mol. The molecule has 0 bridgehead atoms. The standard InChI is InChI=1S/C12H17NO8/c13-3-12(1-4(15)9-10(12)20-9)21-11-8(18)7(17)6(16)5(2-14)19-11/h4-11,14-18H,1-2H2/t4-,5+,6-,7-,8-,9-,10-,11+,12-/m1/s1. The zero-order valence-corrected chi connectivity index (χ0v) is 10.9. The molecular formula is C12H17NO8. The third-order valence-electron chi connectivity index (χ3n) is 4.24. The van der Waals surface area contributed by atoms with Crippen LogP contribution in [0.2, 0.25) is 0 Å². The monoisotopic (exact) mass is 303 g/mol. The third-order valence-corrected chi connectivity index (χ3v) is 4.24. The molecule has 1 saturated carbocycles. The zero-order valence-electron chi connectivity index (χ0n) is 10.9. The molecule has 2 heterocycles. The molecule has 0 spiro atoms. The number of fused-ring (bicyclic) bond motifs is 1. The van der Waals surface area contributed by atoms with Gasteiger partial charge in [0, 0.05) is 6.42 Å². The summed E-state index contributed by atoms with van der Waals surface area (Å²) < 4.78 is 15.8. The van der Waals surface area contributed by atoms with Crippen molar-refractivity contribution >= 4 is 0 Å². The molecule has 5 N–H and O–H groups in total. The summed E-state index contributed by atoms with van der Waals surface area (Å²) in [7, 11) is 0. The van der Waals surface area contributed by atoms with Gasteiger partial charge in [-0.1, -0.05) is 0 Å². The quantitative estimate of drug-likeness (QED) is 0.335. The zero-order chi connectivity index (χ0) is 15.4. The van der Waals surface area contributed by atoms with Gasteiger partial charge >= 0.3 is 0 Å². The molecule has 9 nitrogen and oxygen atoms in total. The van der Waals surface area contributed by atoms with Crippen LogP contribution in [0.5, 0.6) is 0 Å². The van der Waals surface area contributed by atoms with Gasteiger partial charge in [0.15, 0.2) is 11.9 Å². The molecule has 3 rings (SSSR count). The summed E-state index contributed by atoms with van der Waals surface area (Å²) in [5.41, 5.74) is -1.49. The average Bonchev–Trinajstić information content (AvgIpc) is 3.23. The van der Waals surface area contributed by atoms with Gasteiger partial charge in [0.2, 0.25) is 0 Å². The Labute approximate surface area is 119 Å². The minimum atomic E-state index is -1.59. The van der Waals surface area contributed by atoms with Gasteiger partial charge < -0.3 is 39.7 Å². The highest BCUT2D eigenvalue weighted by Crippen LogP contribution is 2.49. The molecule has 3 aliphatic rings. The van der Waals surface area contributed by atoms with Crippen LogP contribution in [0.4, 0.5) is 0 Å². The van der Waals surface area contributed by atoms with Gasteiger partial charge in [-0.25, -0.2) is 0 Å². The van der Waals surface area contributed by atoms with E-state index in [4.69, 9.17) is 19.3 Å². The van der Waals surface area contributed by atoms with E-state index < -0.39 is 61.2 Å². The Bertz CT molecular complexity index is 453. The lowest BCUT2D eigenvalue weighted by Crippen LogP contribution is -2.61. The number of rotatable bonds is 3. The predicted molar refractivity (Wildman–Crippen MR) is 62.5 cm³/mol. The van der Waals surface area contributed by atoms with Gasteiger partial charge in [-0.05, 0) is 0 Å². The first-order chi connectivity index (χ1) is 9.93. The van der Waals surface area contributed by atoms with Crippen LogP contribution >= 0.6 is 0 Å². The molecule has 0 amide bonds. The van der Waals surface area contributed by atoms with E-state index in [2.05, 4.69) is 0 Å². The van der Waals surface area contributed by atoms with Crippen molar-refractivity contribution in [2.24, 2.45) is 0 Å². The molecular weight excluding hydrogens is 286 g/mol. The minimum Gasteiger partial charge on any atom is -0.394 e. The van der Waals surface area contributed by atoms with E-state index >= 15 is 0 Å². The Balaban J connectivity index is 1.76. The van der Waals surface area contributed by atoms with Crippen LogP contribution in [0.1, 0.15) is 6.42 Å². The number of nitriles is 1. The van der Waals surface area contributed by atoms with Crippen LogP contribution in [0.25, 0.3) is 0 Å². The van der Waals surface area contributed by atoms with Crippen LogP contribution < -0.4 is 0 Å². The largest absolute Gasteiger partial charge is 0.394 e. The summed E-state index contributed by atoms with van der Waals surface area (Å²) in [6.45, 7) is -0.588. The molecule has 1 aliphatic carbocycles. The van der Waals surface area contributed by atoms with Crippen molar-refractivity contribution in [2.75, 3.05) is 6.61 Å². The second-order valence-corrected chi connectivity index (χ2v) is 5.61. The van der Waals surface area contributed by atoms with Crippen molar-refractivity contribution in [1.29, 1.82) is 5.26 Å². The summed E-state index contributed by atoms with van der Waals surface area (Å²) in [6.07, 6.45) is -9.17. The van der Waals surface area contributed by atoms with Gasteiger partial charge in [-0.15, -0.1) is 0 Å². The number of hydrogen-bond donors (Lipinski definition) is 5. The maximum Gasteiger partial charge on any atom is 0.188 e. The van der Waals surface area contributed by atoms with Gasteiger partial charge in [0.25, 0.3) is 0 Å². The lowest BCUT2D eigenvalue weighted by Gasteiger charge is -2.41. The Morgan fingerprint density at radius 1 is 1.14 bits per heavy atom. The summed E-state index contributed by atoms with van der Waals surface area (Å²) in [6, 6.07) is 1.92. The fourth-order valence-corrected chi connectivity index (χ4v) is 2.96. The predicted octanol–water partition coefficient (Wildman–Crippen LogP) is -3.40. The highest BCUT2D eigenvalue weighted by atomic mass is 16.7. The molecule has 0 unspecified atom stereocenters. The van der Waals surface area contributed by atoms with Gasteiger partial charge in [-0.3, -0.25) is 0 Å². The van der Waals surface area contributed by atoms with Crippen molar-refractivity contribution in [2.45, 2.75) is 61.0 Å².